The molecule has 7 nitrogen and oxygen atoms in total. The number of sulfonamides is 1. The number of hydrogen-bond acceptors (Lipinski definition) is 6. The lowest BCUT2D eigenvalue weighted by Gasteiger charge is -2.32. The van der Waals surface area contributed by atoms with E-state index in [1.807, 2.05) is 35.7 Å². The van der Waals surface area contributed by atoms with Gasteiger partial charge in [-0.25, -0.2) is 13.4 Å². The van der Waals surface area contributed by atoms with Gasteiger partial charge < -0.3 is 4.74 Å². The number of piperidine rings is 1. The van der Waals surface area contributed by atoms with Crippen LogP contribution in [0.2, 0.25) is 0 Å². The van der Waals surface area contributed by atoms with Crippen LogP contribution in [-0.2, 0) is 14.8 Å². The van der Waals surface area contributed by atoms with Crippen LogP contribution in [0, 0.1) is 5.92 Å². The first kappa shape index (κ1) is 24.1. The van der Waals surface area contributed by atoms with Gasteiger partial charge in [0.05, 0.1) is 17.7 Å². The molecule has 1 aliphatic heterocycles. The second kappa shape index (κ2) is 10.5. The number of hydrogen-bond donors (Lipinski definition) is 0. The van der Waals surface area contributed by atoms with E-state index < -0.39 is 10.0 Å². The van der Waals surface area contributed by atoms with Gasteiger partial charge >= 0.3 is 0 Å². The molecular formula is C25H27N3O4S2. The van der Waals surface area contributed by atoms with E-state index >= 15 is 0 Å². The molecule has 1 aliphatic rings. The van der Waals surface area contributed by atoms with E-state index in [4.69, 9.17) is 4.74 Å². The first-order valence-corrected chi connectivity index (χ1v) is 13.3. The van der Waals surface area contributed by atoms with E-state index in [1.165, 1.54) is 22.8 Å². The van der Waals surface area contributed by atoms with E-state index in [1.54, 1.807) is 35.2 Å². The van der Waals surface area contributed by atoms with Crippen LogP contribution < -0.4 is 9.64 Å². The third-order valence-corrected chi connectivity index (χ3v) is 8.65. The molecule has 4 rings (SSSR count). The summed E-state index contributed by atoms with van der Waals surface area (Å²) < 4.78 is 32.6. The number of benzene rings is 2. The molecule has 0 aliphatic carbocycles. The normalized spacial score (nSPS) is 15.1. The number of carbonyl (C=O) groups is 1. The number of rotatable bonds is 8. The highest BCUT2D eigenvalue weighted by Gasteiger charge is 2.34. The van der Waals surface area contributed by atoms with Crippen LogP contribution in [0.25, 0.3) is 11.3 Å². The first-order valence-electron chi connectivity index (χ1n) is 11.0. The molecule has 0 atom stereocenters. The Kier molecular flexibility index (Phi) is 7.45. The summed E-state index contributed by atoms with van der Waals surface area (Å²) in [6, 6.07) is 16.2. The molecule has 2 aromatic carbocycles. The van der Waals surface area contributed by atoms with Gasteiger partial charge in [0.25, 0.3) is 0 Å². The molecule has 0 saturated carbocycles. The van der Waals surface area contributed by atoms with Crippen molar-refractivity contribution in [2.24, 2.45) is 5.92 Å². The Morgan fingerprint density at radius 2 is 1.85 bits per heavy atom. The maximum absolute atomic E-state index is 13.4. The predicted octanol–water partition coefficient (Wildman–Crippen LogP) is 4.44. The van der Waals surface area contributed by atoms with Crippen molar-refractivity contribution < 1.29 is 17.9 Å². The third kappa shape index (κ3) is 5.06. The Labute approximate surface area is 204 Å². The fraction of sp³-hybridized carbons (Fsp3) is 0.280. The Bertz CT molecular complexity index is 1230. The molecule has 2 heterocycles. The highest BCUT2D eigenvalue weighted by Crippen LogP contribution is 2.31. The summed E-state index contributed by atoms with van der Waals surface area (Å²) >= 11 is 1.42. The number of ether oxygens (including phenoxy) is 1. The zero-order valence-corrected chi connectivity index (χ0v) is 20.6. The standard InChI is InChI=1S/C25H27N3O4S2/c1-3-15-28(25-26-23(18-33-25)19-7-5-4-6-8-19)24(29)20-13-16-27(17-14-20)34(30,31)22-11-9-21(32-2)10-12-22/h3-12,18,20H,1,13-17H2,2H3. The first-order chi connectivity index (χ1) is 16.4. The van der Waals surface area contributed by atoms with E-state index in [0.29, 0.717) is 43.4 Å². The zero-order chi connectivity index (χ0) is 24.1. The van der Waals surface area contributed by atoms with Gasteiger partial charge in [0.2, 0.25) is 15.9 Å². The number of nitrogens with zero attached hydrogens (tertiary/aromatic N) is 3. The highest BCUT2D eigenvalue weighted by molar-refractivity contribution is 7.89. The van der Waals surface area contributed by atoms with Crippen LogP contribution in [0.3, 0.4) is 0 Å². The van der Waals surface area contributed by atoms with Crippen LogP contribution >= 0.6 is 11.3 Å². The topological polar surface area (TPSA) is 79.8 Å². The largest absolute Gasteiger partial charge is 0.497 e. The van der Waals surface area contributed by atoms with Crippen molar-refractivity contribution in [3.8, 4) is 17.0 Å². The van der Waals surface area contributed by atoms with Crippen molar-refractivity contribution in [2.45, 2.75) is 17.7 Å². The summed E-state index contributed by atoms with van der Waals surface area (Å²) in [5.74, 6) is 0.282. The van der Waals surface area contributed by atoms with Gasteiger partial charge in [0.15, 0.2) is 5.13 Å². The number of amides is 1. The summed E-state index contributed by atoms with van der Waals surface area (Å²) in [4.78, 5) is 20.0. The number of anilines is 1. The van der Waals surface area contributed by atoms with Crippen LogP contribution in [0.5, 0.6) is 5.75 Å². The Hall–Kier alpha value is -3.01. The van der Waals surface area contributed by atoms with Crippen molar-refractivity contribution >= 4 is 32.4 Å². The molecule has 1 amide bonds. The van der Waals surface area contributed by atoms with E-state index in [2.05, 4.69) is 11.6 Å². The molecular weight excluding hydrogens is 470 g/mol. The van der Waals surface area contributed by atoms with Crippen LogP contribution in [0.1, 0.15) is 12.8 Å². The zero-order valence-electron chi connectivity index (χ0n) is 19.0. The second-order valence-electron chi connectivity index (χ2n) is 7.97. The predicted molar refractivity (Wildman–Crippen MR) is 135 cm³/mol. The van der Waals surface area contributed by atoms with Gasteiger partial charge in [-0.15, -0.1) is 17.9 Å². The van der Waals surface area contributed by atoms with Gasteiger partial charge in [-0.1, -0.05) is 36.4 Å². The van der Waals surface area contributed by atoms with E-state index in [9.17, 15) is 13.2 Å². The van der Waals surface area contributed by atoms with Gasteiger partial charge in [-0.3, -0.25) is 9.69 Å². The quantitative estimate of drug-likeness (QED) is 0.430. The molecule has 0 unspecified atom stereocenters. The minimum atomic E-state index is -3.62. The molecule has 1 fully saturated rings. The SMILES string of the molecule is C=CCN(C(=O)C1CCN(S(=O)(=O)c2ccc(OC)cc2)CC1)c1nc(-c2ccccc2)cs1. The molecule has 0 N–H and O–H groups in total. The highest BCUT2D eigenvalue weighted by atomic mass is 32.2. The van der Waals surface area contributed by atoms with Crippen LogP contribution in [-0.4, -0.2) is 50.4 Å². The molecule has 178 valence electrons. The van der Waals surface area contributed by atoms with Gasteiger partial charge in [0, 0.05) is 36.5 Å². The molecule has 1 saturated heterocycles. The number of aromatic nitrogens is 1. The summed E-state index contributed by atoms with van der Waals surface area (Å²) in [5, 5.41) is 2.56. The molecule has 0 bridgehead atoms. The van der Waals surface area contributed by atoms with Crippen LogP contribution in [0.15, 0.2) is 77.5 Å². The maximum atomic E-state index is 13.4. The smallest absolute Gasteiger partial charge is 0.243 e. The molecule has 34 heavy (non-hydrogen) atoms. The van der Waals surface area contributed by atoms with Crippen molar-refractivity contribution in [2.75, 3.05) is 31.6 Å². The van der Waals surface area contributed by atoms with Gasteiger partial charge in [0.1, 0.15) is 5.75 Å². The molecule has 3 aromatic rings. The van der Waals surface area contributed by atoms with Crippen LogP contribution in [0.4, 0.5) is 5.13 Å². The number of methoxy groups -OCH3 is 1. The second-order valence-corrected chi connectivity index (χ2v) is 10.7. The van der Waals surface area contributed by atoms with Crippen molar-refractivity contribution in [3.05, 3.63) is 72.6 Å². The Balaban J connectivity index is 1.45. The maximum Gasteiger partial charge on any atom is 0.243 e. The summed E-state index contributed by atoms with van der Waals surface area (Å²) in [6.07, 6.45) is 2.60. The minimum absolute atomic E-state index is 0.0460. The van der Waals surface area contributed by atoms with E-state index in [-0.39, 0.29) is 16.7 Å². The average molecular weight is 498 g/mol. The monoisotopic (exact) mass is 497 g/mol. The fourth-order valence-corrected chi connectivity index (χ4v) is 6.30. The summed E-state index contributed by atoms with van der Waals surface area (Å²) in [6.45, 7) is 4.73. The van der Waals surface area contributed by atoms with Crippen molar-refractivity contribution in [1.29, 1.82) is 0 Å². The summed E-state index contributed by atoms with van der Waals surface area (Å²) in [5.41, 5.74) is 1.82. The van der Waals surface area contributed by atoms with Gasteiger partial charge in [-0.05, 0) is 37.1 Å². The number of thiazole rings is 1. The van der Waals surface area contributed by atoms with Crippen molar-refractivity contribution in [3.63, 3.8) is 0 Å². The molecule has 0 radical (unpaired) electrons. The molecule has 0 spiro atoms. The lowest BCUT2D eigenvalue weighted by atomic mass is 9.96. The Morgan fingerprint density at radius 3 is 2.47 bits per heavy atom. The lowest BCUT2D eigenvalue weighted by Crippen LogP contribution is -2.44. The third-order valence-electron chi connectivity index (χ3n) is 5.87. The minimum Gasteiger partial charge on any atom is -0.497 e. The number of carbonyl (C=O) groups excluding carboxylic acids is 1. The molecule has 9 heteroatoms. The van der Waals surface area contributed by atoms with Crippen molar-refractivity contribution in [1.82, 2.24) is 9.29 Å². The lowest BCUT2D eigenvalue weighted by molar-refractivity contribution is -0.123. The average Bonchev–Trinajstić information content (AvgIpc) is 3.37. The summed E-state index contributed by atoms with van der Waals surface area (Å²) in [7, 11) is -2.08. The fourth-order valence-electron chi connectivity index (χ4n) is 3.98. The van der Waals surface area contributed by atoms with E-state index in [0.717, 1.165) is 11.3 Å². The Morgan fingerprint density at radius 1 is 1.18 bits per heavy atom. The van der Waals surface area contributed by atoms with Gasteiger partial charge in [-0.2, -0.15) is 4.31 Å². The molecule has 1 aromatic heterocycles.